The van der Waals surface area contributed by atoms with Crippen molar-refractivity contribution in [3.63, 3.8) is 0 Å². The quantitative estimate of drug-likeness (QED) is 0.471. The van der Waals surface area contributed by atoms with Gasteiger partial charge in [-0.3, -0.25) is 9.59 Å². The lowest BCUT2D eigenvalue weighted by molar-refractivity contribution is -0.174. The molecule has 1 heterocycles. The maximum atomic E-state index is 11.4. The molecule has 0 radical (unpaired) electrons. The van der Waals surface area contributed by atoms with Gasteiger partial charge >= 0.3 is 12.1 Å². The van der Waals surface area contributed by atoms with E-state index in [0.29, 0.717) is 0 Å². The predicted molar refractivity (Wildman–Crippen MR) is 69.4 cm³/mol. The number of alkyl halides is 3. The summed E-state index contributed by atoms with van der Waals surface area (Å²) in [7, 11) is 0. The van der Waals surface area contributed by atoms with Gasteiger partial charge in [0.05, 0.1) is 0 Å². The Hall–Kier alpha value is -0.920. The molecule has 20 heavy (non-hydrogen) atoms. The zero-order chi connectivity index (χ0) is 15.5. The summed E-state index contributed by atoms with van der Waals surface area (Å²) in [6.07, 6.45) is -2.79. The van der Waals surface area contributed by atoms with Crippen LogP contribution in [0.5, 0.6) is 0 Å². The first-order valence-corrected chi connectivity index (χ1v) is 6.61. The third kappa shape index (κ3) is 5.22. The molecule has 7 nitrogen and oxygen atoms in total. The number of carbonyl (C=O) groups is 3. The third-order valence-electron chi connectivity index (χ3n) is 2.35. The minimum absolute atomic E-state index is 0.405. The molecule has 0 bridgehead atoms. The molecule has 0 saturated carbocycles. The number of β-lactam (4-membered cyclic amide) rings is 1. The Balaban J connectivity index is 2.44. The number of hydrogen-bond donors (Lipinski definition) is 1. The summed E-state index contributed by atoms with van der Waals surface area (Å²) in [5.41, 5.74) is 0. The maximum absolute atomic E-state index is 11.4. The van der Waals surface area contributed by atoms with E-state index in [1.54, 1.807) is 0 Å². The van der Waals surface area contributed by atoms with Gasteiger partial charge in [0.1, 0.15) is 18.6 Å². The SMILES string of the molecule is CC(=O)O[C@@H]1NC(=O)[C@H]1C(C)OC(=O)OCC(Cl)(Cl)Cl. The van der Waals surface area contributed by atoms with Crippen molar-refractivity contribution in [1.82, 2.24) is 5.32 Å². The molecular weight excluding hydrogens is 336 g/mol. The predicted octanol–water partition coefficient (Wildman–Crippen LogP) is 1.53. The van der Waals surface area contributed by atoms with Crippen molar-refractivity contribution in [2.45, 2.75) is 30.0 Å². The van der Waals surface area contributed by atoms with Gasteiger partial charge in [0.25, 0.3) is 0 Å². The molecule has 0 aliphatic carbocycles. The van der Waals surface area contributed by atoms with Gasteiger partial charge in [-0.1, -0.05) is 34.8 Å². The first kappa shape index (κ1) is 17.1. The molecule has 114 valence electrons. The fourth-order valence-corrected chi connectivity index (χ4v) is 1.67. The molecule has 0 spiro atoms. The van der Waals surface area contributed by atoms with E-state index in [1.165, 1.54) is 13.8 Å². The average Bonchev–Trinajstić information content (AvgIpc) is 2.23. The van der Waals surface area contributed by atoms with Crippen molar-refractivity contribution < 1.29 is 28.6 Å². The summed E-state index contributed by atoms with van der Waals surface area (Å²) < 4.78 is 12.5. The molecule has 3 atom stereocenters. The number of hydrogen-bond acceptors (Lipinski definition) is 6. The summed E-state index contributed by atoms with van der Waals surface area (Å²) >= 11 is 16.2. The molecule has 0 aromatic heterocycles. The Labute approximate surface area is 129 Å². The Bertz CT molecular complexity index is 410. The number of ether oxygens (including phenoxy) is 3. The molecule has 1 aliphatic heterocycles. The van der Waals surface area contributed by atoms with Gasteiger partial charge in [-0.2, -0.15) is 0 Å². The Kier molecular flexibility index (Phi) is 5.73. The van der Waals surface area contributed by atoms with Crippen LogP contribution in [0.3, 0.4) is 0 Å². The molecule has 1 fully saturated rings. The highest BCUT2D eigenvalue weighted by Gasteiger charge is 2.47. The highest BCUT2D eigenvalue weighted by atomic mass is 35.6. The monoisotopic (exact) mass is 347 g/mol. The van der Waals surface area contributed by atoms with E-state index >= 15 is 0 Å². The van der Waals surface area contributed by atoms with Gasteiger partial charge in [-0.05, 0) is 6.92 Å². The van der Waals surface area contributed by atoms with Crippen LogP contribution in [-0.2, 0) is 23.8 Å². The average molecular weight is 349 g/mol. The third-order valence-corrected chi connectivity index (χ3v) is 2.68. The van der Waals surface area contributed by atoms with Crippen molar-refractivity contribution in [3.8, 4) is 0 Å². The molecule has 1 aliphatic rings. The normalized spacial score (nSPS) is 23.1. The molecule has 10 heteroatoms. The smallest absolute Gasteiger partial charge is 0.441 e. The van der Waals surface area contributed by atoms with E-state index in [2.05, 4.69) is 10.1 Å². The van der Waals surface area contributed by atoms with Crippen LogP contribution in [0.25, 0.3) is 0 Å². The van der Waals surface area contributed by atoms with Gasteiger partial charge < -0.3 is 19.5 Å². The minimum atomic E-state index is -1.75. The van der Waals surface area contributed by atoms with E-state index in [9.17, 15) is 14.4 Å². The van der Waals surface area contributed by atoms with Gasteiger partial charge in [-0.25, -0.2) is 4.79 Å². The summed E-state index contributed by atoms with van der Waals surface area (Å²) in [5.74, 6) is -1.77. The van der Waals surface area contributed by atoms with Crippen LogP contribution in [0, 0.1) is 5.92 Å². The highest BCUT2D eigenvalue weighted by Crippen LogP contribution is 2.27. The van der Waals surface area contributed by atoms with Crippen LogP contribution in [0.1, 0.15) is 13.8 Å². The molecule has 1 rings (SSSR count). The van der Waals surface area contributed by atoms with E-state index in [1.807, 2.05) is 0 Å². The lowest BCUT2D eigenvalue weighted by atomic mass is 9.93. The van der Waals surface area contributed by atoms with Crippen LogP contribution in [0.4, 0.5) is 4.79 Å². The molecule has 0 aromatic carbocycles. The highest BCUT2D eigenvalue weighted by molar-refractivity contribution is 6.67. The second-order valence-electron chi connectivity index (χ2n) is 4.04. The van der Waals surface area contributed by atoms with Gasteiger partial charge in [0, 0.05) is 6.92 Å². The molecule has 1 saturated heterocycles. The second-order valence-corrected chi connectivity index (χ2v) is 6.56. The lowest BCUT2D eigenvalue weighted by Crippen LogP contribution is -2.63. The summed E-state index contributed by atoms with van der Waals surface area (Å²) in [4.78, 5) is 33.5. The largest absolute Gasteiger partial charge is 0.508 e. The van der Waals surface area contributed by atoms with Crippen LogP contribution >= 0.6 is 34.8 Å². The summed E-state index contributed by atoms with van der Waals surface area (Å²) in [5, 5.41) is 2.36. The fraction of sp³-hybridized carbons (Fsp3) is 0.700. The van der Waals surface area contributed by atoms with E-state index in [0.717, 1.165) is 0 Å². The summed E-state index contributed by atoms with van der Waals surface area (Å²) in [6, 6.07) is 0. The molecular formula is C10H12Cl3NO6. The topological polar surface area (TPSA) is 90.9 Å². The number of rotatable bonds is 4. The van der Waals surface area contributed by atoms with Crippen molar-refractivity contribution in [1.29, 1.82) is 0 Å². The molecule has 1 unspecified atom stereocenters. The van der Waals surface area contributed by atoms with Crippen LogP contribution < -0.4 is 5.32 Å². The Morgan fingerprint density at radius 3 is 2.45 bits per heavy atom. The molecule has 1 N–H and O–H groups in total. The zero-order valence-electron chi connectivity index (χ0n) is 10.5. The molecule has 1 amide bonds. The minimum Gasteiger partial charge on any atom is -0.441 e. The first-order chi connectivity index (χ1) is 9.10. The van der Waals surface area contributed by atoms with Crippen LogP contribution in [-0.4, -0.2) is 40.8 Å². The van der Waals surface area contributed by atoms with Crippen molar-refractivity contribution >= 4 is 52.8 Å². The fourth-order valence-electron chi connectivity index (χ4n) is 1.51. The Morgan fingerprint density at radius 2 is 2.00 bits per heavy atom. The number of carbonyl (C=O) groups excluding carboxylic acids is 3. The van der Waals surface area contributed by atoms with Crippen molar-refractivity contribution in [2.24, 2.45) is 5.92 Å². The van der Waals surface area contributed by atoms with Gasteiger partial charge in [0.15, 0.2) is 6.23 Å². The first-order valence-electron chi connectivity index (χ1n) is 5.48. The number of halogens is 3. The van der Waals surface area contributed by atoms with E-state index < -0.39 is 46.7 Å². The maximum Gasteiger partial charge on any atom is 0.508 e. The van der Waals surface area contributed by atoms with E-state index in [4.69, 9.17) is 44.3 Å². The lowest BCUT2D eigenvalue weighted by Gasteiger charge is -2.38. The van der Waals surface area contributed by atoms with Crippen LogP contribution in [0.15, 0.2) is 0 Å². The number of nitrogens with one attached hydrogen (secondary N) is 1. The van der Waals surface area contributed by atoms with Gasteiger partial charge in [-0.15, -0.1) is 0 Å². The number of esters is 1. The van der Waals surface area contributed by atoms with Crippen molar-refractivity contribution in [3.05, 3.63) is 0 Å². The summed E-state index contributed by atoms with van der Waals surface area (Å²) in [6.45, 7) is 2.16. The Morgan fingerprint density at radius 1 is 1.40 bits per heavy atom. The van der Waals surface area contributed by atoms with Crippen LogP contribution in [0.2, 0.25) is 0 Å². The zero-order valence-corrected chi connectivity index (χ0v) is 12.8. The van der Waals surface area contributed by atoms with Crippen molar-refractivity contribution in [2.75, 3.05) is 6.61 Å². The van der Waals surface area contributed by atoms with Gasteiger partial charge in [0.2, 0.25) is 9.70 Å². The van der Waals surface area contributed by atoms with E-state index in [-0.39, 0.29) is 0 Å². The second kappa shape index (κ2) is 6.69. The standard InChI is InChI=1S/C10H12Cl3NO6/c1-4(19-9(17)18-3-10(11,12)13)6-7(16)14-8(6)20-5(2)15/h4,6,8H,3H2,1-2H3,(H,14,16)/t4?,6-,8+/m1/s1. The number of amides is 1. The molecule has 0 aromatic rings.